The minimum atomic E-state index is -2.14. The summed E-state index contributed by atoms with van der Waals surface area (Å²) in [5, 5.41) is 0.621. The first-order chi connectivity index (χ1) is 14.7. The molecule has 160 valence electrons. The van der Waals surface area contributed by atoms with Crippen molar-refractivity contribution in [2.45, 2.75) is 42.9 Å². The molecule has 1 aliphatic rings. The Morgan fingerprint density at radius 3 is 2.56 bits per heavy atom. The van der Waals surface area contributed by atoms with Crippen molar-refractivity contribution in [3.63, 3.8) is 0 Å². The van der Waals surface area contributed by atoms with Gasteiger partial charge in [0.05, 0.1) is 6.20 Å². The number of pyridine rings is 1. The van der Waals surface area contributed by atoms with Gasteiger partial charge in [0.15, 0.2) is 5.67 Å². The molecule has 32 heavy (non-hydrogen) atoms. The first-order valence-electron chi connectivity index (χ1n) is 9.53. The molecule has 0 saturated heterocycles. The fourth-order valence-corrected chi connectivity index (χ4v) is 3.27. The molecule has 1 aliphatic heterocycles. The number of nitrogens with two attached hydrogens (primary N) is 1. The van der Waals surface area contributed by atoms with Crippen LogP contribution >= 0.6 is 0 Å². The lowest BCUT2D eigenvalue weighted by molar-refractivity contribution is 0.102. The van der Waals surface area contributed by atoms with Crippen molar-refractivity contribution >= 4 is 41.0 Å². The van der Waals surface area contributed by atoms with Crippen LogP contribution in [0.1, 0.15) is 36.3 Å². The number of nitrogens with one attached hydrogen (secondary N) is 1. The number of amidine groups is 1. The van der Waals surface area contributed by atoms with Gasteiger partial charge in [-0.05, 0) is 49.5 Å². The van der Waals surface area contributed by atoms with Crippen molar-refractivity contribution in [1.82, 2.24) is 4.98 Å². The first kappa shape index (κ1) is 23.8. The number of hydrogen-bond acceptors (Lipinski definition) is 5. The number of carbonyl (C=O) groups is 1. The van der Waals surface area contributed by atoms with Gasteiger partial charge in [0.1, 0.15) is 58.3 Å². The van der Waals surface area contributed by atoms with E-state index in [1.807, 2.05) is 0 Å². The van der Waals surface area contributed by atoms with Gasteiger partial charge >= 0.3 is 0 Å². The molecule has 1 aromatic carbocycles. The van der Waals surface area contributed by atoms with Crippen molar-refractivity contribution in [1.29, 1.82) is 0 Å². The van der Waals surface area contributed by atoms with Crippen LogP contribution in [0.3, 0.4) is 0 Å². The monoisotopic (exact) mass is 436 g/mol. The highest BCUT2D eigenvalue weighted by molar-refractivity contribution is 6.58. The van der Waals surface area contributed by atoms with E-state index in [-0.39, 0.29) is 22.7 Å². The lowest BCUT2D eigenvalue weighted by Gasteiger charge is -2.38. The van der Waals surface area contributed by atoms with E-state index in [4.69, 9.17) is 34.0 Å². The Balaban J connectivity index is 1.85. The predicted molar refractivity (Wildman–Crippen MR) is 117 cm³/mol. The second kappa shape index (κ2) is 8.22. The van der Waals surface area contributed by atoms with Crippen LogP contribution in [0.2, 0.25) is 0 Å². The molecule has 3 N–H and O–H groups in total. The number of aliphatic imine (C=N–C) groups is 1. The Labute approximate surface area is 187 Å². The Kier molecular flexibility index (Phi) is 6.10. The third-order valence-corrected chi connectivity index (χ3v) is 5.09. The molecule has 3 atom stereocenters. The summed E-state index contributed by atoms with van der Waals surface area (Å²) in [6, 6.07) is 6.26. The molecule has 0 bridgehead atoms. The van der Waals surface area contributed by atoms with Crippen LogP contribution < -0.4 is 15.8 Å². The number of benzene rings is 1. The van der Waals surface area contributed by atoms with Gasteiger partial charge in [0.2, 0.25) is 0 Å². The molecule has 1 amide bonds. The van der Waals surface area contributed by atoms with Gasteiger partial charge in [-0.1, -0.05) is 0 Å². The minimum Gasteiger partial charge on any atom is -0.514 e. The summed E-state index contributed by atoms with van der Waals surface area (Å²) in [5.41, 5.74) is 1.71. The highest BCUT2D eigenvalue weighted by Gasteiger charge is 2.49. The Hall–Kier alpha value is -2.91. The zero-order chi connectivity index (χ0) is 23.9. The van der Waals surface area contributed by atoms with Crippen molar-refractivity contribution in [3.8, 4) is 5.75 Å². The van der Waals surface area contributed by atoms with Crippen LogP contribution in [0.5, 0.6) is 5.75 Å². The molecule has 0 saturated carbocycles. The molecular formula is C20H18B3F3N4O2. The number of aromatic nitrogens is 1. The van der Waals surface area contributed by atoms with Crippen LogP contribution in [0.4, 0.5) is 18.9 Å². The topological polar surface area (TPSA) is 89.6 Å². The van der Waals surface area contributed by atoms with E-state index in [0.717, 1.165) is 13.0 Å². The van der Waals surface area contributed by atoms with Gasteiger partial charge in [-0.25, -0.2) is 18.2 Å². The molecule has 0 spiro atoms. The number of anilines is 1. The van der Waals surface area contributed by atoms with Gasteiger partial charge in [-0.3, -0.25) is 9.79 Å². The number of ether oxygens (including phenoxy) is 1. The predicted octanol–water partition coefficient (Wildman–Crippen LogP) is 2.01. The smallest absolute Gasteiger partial charge is 0.274 e. The number of alkyl halides is 2. The second-order valence-electron chi connectivity index (χ2n) is 8.00. The van der Waals surface area contributed by atoms with Crippen LogP contribution in [0.25, 0.3) is 0 Å². The van der Waals surface area contributed by atoms with Crippen molar-refractivity contribution in [3.05, 3.63) is 53.6 Å². The normalized spacial score (nSPS) is 25.7. The number of halogens is 3. The molecule has 0 unspecified atom stereocenters. The van der Waals surface area contributed by atoms with E-state index < -0.39 is 46.7 Å². The lowest BCUT2D eigenvalue weighted by Crippen LogP contribution is -2.51. The summed E-state index contributed by atoms with van der Waals surface area (Å²) in [5.74, 6) is -1.71. The van der Waals surface area contributed by atoms with Gasteiger partial charge in [-0.2, -0.15) is 0 Å². The molecule has 0 aliphatic carbocycles. The third-order valence-electron chi connectivity index (χ3n) is 5.09. The molecule has 2 heterocycles. The zero-order valence-electron chi connectivity index (χ0n) is 17.4. The fraction of sp³-hybridized carbons (Fsp3) is 0.350. The van der Waals surface area contributed by atoms with E-state index in [9.17, 15) is 18.0 Å². The SMILES string of the molecule is [B]C([B])([B])Oc1ccc(C(=O)Nc2ccc(F)c([C@@]3(C)N=C(N)[C@@](C)(F)C[C@H]3F)c2)nc1. The maximum Gasteiger partial charge on any atom is 0.274 e. The van der Waals surface area contributed by atoms with Crippen molar-refractivity contribution in [2.24, 2.45) is 10.7 Å². The average molecular weight is 436 g/mol. The number of nitrogens with zero attached hydrogens (tertiary/aromatic N) is 2. The van der Waals surface area contributed by atoms with Gasteiger partial charge < -0.3 is 15.8 Å². The van der Waals surface area contributed by atoms with E-state index in [2.05, 4.69) is 15.3 Å². The fourth-order valence-electron chi connectivity index (χ4n) is 3.27. The summed E-state index contributed by atoms with van der Waals surface area (Å²) in [6.45, 7) is 2.43. The molecule has 6 radical (unpaired) electrons. The quantitative estimate of drug-likeness (QED) is 0.703. The highest BCUT2D eigenvalue weighted by atomic mass is 19.2. The minimum absolute atomic E-state index is 0.0115. The Morgan fingerprint density at radius 2 is 1.97 bits per heavy atom. The lowest BCUT2D eigenvalue weighted by atomic mass is 9.52. The van der Waals surface area contributed by atoms with E-state index in [1.54, 1.807) is 0 Å². The second-order valence-corrected chi connectivity index (χ2v) is 8.00. The molecular weight excluding hydrogens is 418 g/mol. The standard InChI is InChI=1S/C20H18B3F3N4O2/c1-18(26)8-15(25)19(2,30-17(18)27)12-7-10(3-5-13(12)24)29-16(31)14-6-4-11(9-28-14)32-20(21,22)23/h3-7,9,15H,8H2,1-2H3,(H2,27,30)(H,29,31)/t15-,18+,19-/m1/s1. The summed E-state index contributed by atoms with van der Waals surface area (Å²) in [4.78, 5) is 20.4. The average Bonchev–Trinajstić information content (AvgIpc) is 2.67. The number of carbonyl (C=O) groups excluding carboxylic acids is 1. The Bertz CT molecular complexity index is 1060. The molecule has 2 aromatic rings. The summed E-state index contributed by atoms with van der Waals surface area (Å²) < 4.78 is 48.8. The third kappa shape index (κ3) is 4.94. The van der Waals surface area contributed by atoms with E-state index in [0.29, 0.717) is 0 Å². The number of rotatable bonds is 5. The maximum atomic E-state index is 14.9. The van der Waals surface area contributed by atoms with E-state index in [1.165, 1.54) is 37.4 Å². The van der Waals surface area contributed by atoms with E-state index >= 15 is 0 Å². The van der Waals surface area contributed by atoms with Gasteiger partial charge in [0.25, 0.3) is 5.91 Å². The molecule has 1 aromatic heterocycles. The van der Waals surface area contributed by atoms with Crippen LogP contribution in [0, 0.1) is 5.82 Å². The number of hydrogen-bond donors (Lipinski definition) is 2. The molecule has 12 heteroatoms. The van der Waals surface area contributed by atoms with Crippen LogP contribution in [-0.4, -0.2) is 57.4 Å². The van der Waals surface area contributed by atoms with Crippen LogP contribution in [0.15, 0.2) is 41.5 Å². The first-order valence-corrected chi connectivity index (χ1v) is 9.53. The molecule has 6 nitrogen and oxygen atoms in total. The van der Waals surface area contributed by atoms with Crippen molar-refractivity contribution < 1.29 is 22.7 Å². The van der Waals surface area contributed by atoms with Crippen LogP contribution in [-0.2, 0) is 5.54 Å². The molecule has 3 rings (SSSR count). The largest absolute Gasteiger partial charge is 0.514 e. The zero-order valence-corrected chi connectivity index (χ0v) is 17.4. The summed E-state index contributed by atoms with van der Waals surface area (Å²) in [7, 11) is 16.0. The summed E-state index contributed by atoms with van der Waals surface area (Å²) in [6.07, 6.45) is -1.24. The maximum absolute atomic E-state index is 14.9. The molecule has 0 fully saturated rings. The highest BCUT2D eigenvalue weighted by Crippen LogP contribution is 2.42. The van der Waals surface area contributed by atoms with Gasteiger partial charge in [0, 0.05) is 17.7 Å². The Morgan fingerprint density at radius 1 is 1.28 bits per heavy atom. The van der Waals surface area contributed by atoms with Gasteiger partial charge in [-0.15, -0.1) is 0 Å². The van der Waals surface area contributed by atoms with Crippen molar-refractivity contribution in [2.75, 3.05) is 5.32 Å². The summed E-state index contributed by atoms with van der Waals surface area (Å²) >= 11 is 0. The number of amides is 1.